The number of anilines is 1. The monoisotopic (exact) mass is 452 g/mol. The Bertz CT molecular complexity index is 1300. The van der Waals surface area contributed by atoms with Crippen LogP contribution in [0.5, 0.6) is 0 Å². The number of piperidine rings is 1. The van der Waals surface area contributed by atoms with Crippen LogP contribution in [0.25, 0.3) is 32.7 Å². The summed E-state index contributed by atoms with van der Waals surface area (Å²) in [6.07, 6.45) is 5.41. The summed E-state index contributed by atoms with van der Waals surface area (Å²) < 4.78 is 29.8. The Hall–Kier alpha value is -2.91. The highest BCUT2D eigenvalue weighted by molar-refractivity contribution is 7.21. The van der Waals surface area contributed by atoms with Crippen molar-refractivity contribution in [3.8, 4) is 22.4 Å². The molecule has 1 aromatic carbocycles. The molecule has 2 fully saturated rings. The largest absolute Gasteiger partial charge is 0.347 e. The van der Waals surface area contributed by atoms with Crippen LogP contribution >= 0.6 is 11.3 Å². The van der Waals surface area contributed by atoms with Crippen LogP contribution in [0, 0.1) is 24.0 Å². The predicted octanol–water partition coefficient (Wildman–Crippen LogP) is 4.52. The molecule has 5 heterocycles. The van der Waals surface area contributed by atoms with Crippen molar-refractivity contribution >= 4 is 26.8 Å². The lowest BCUT2D eigenvalue weighted by atomic mass is 9.73. The minimum atomic E-state index is -0.516. The van der Waals surface area contributed by atoms with Crippen molar-refractivity contribution in [2.24, 2.45) is 5.41 Å². The molecule has 0 atom stereocenters. The normalized spacial score (nSPS) is 17.8. The number of thiazole rings is 1. The van der Waals surface area contributed by atoms with E-state index in [1.165, 1.54) is 48.7 Å². The van der Waals surface area contributed by atoms with E-state index in [1.54, 1.807) is 0 Å². The average Bonchev–Trinajstić information content (AvgIpc) is 3.43. The lowest BCUT2D eigenvalue weighted by Gasteiger charge is -2.52. The Labute approximate surface area is 187 Å². The summed E-state index contributed by atoms with van der Waals surface area (Å²) in [4.78, 5) is 12.5. The number of nitrogens with one attached hydrogen (secondary N) is 2. The molecular formula is C23H22F2N6S. The minimum absolute atomic E-state index is 0.154. The zero-order valence-corrected chi connectivity index (χ0v) is 18.4. The second-order valence-corrected chi connectivity index (χ2v) is 9.84. The highest BCUT2D eigenvalue weighted by Gasteiger charge is 2.44. The van der Waals surface area contributed by atoms with Gasteiger partial charge in [0.15, 0.2) is 5.13 Å². The number of halogens is 2. The number of hydrogen-bond acceptors (Lipinski definition) is 6. The van der Waals surface area contributed by atoms with E-state index in [-0.39, 0.29) is 11.1 Å². The van der Waals surface area contributed by atoms with E-state index in [4.69, 9.17) is 9.97 Å². The maximum absolute atomic E-state index is 15.0. The first-order valence-corrected chi connectivity index (χ1v) is 11.6. The fraction of sp³-hybridized carbons (Fsp3) is 0.348. The summed E-state index contributed by atoms with van der Waals surface area (Å²) in [5.74, 6) is -1.03. The molecule has 0 bridgehead atoms. The zero-order chi connectivity index (χ0) is 21.9. The number of benzene rings is 1. The number of hydrogen-bond donors (Lipinski definition) is 2. The van der Waals surface area contributed by atoms with Crippen LogP contribution in [0.4, 0.5) is 13.9 Å². The molecule has 0 saturated carbocycles. The van der Waals surface area contributed by atoms with Gasteiger partial charge in [0.2, 0.25) is 0 Å². The second-order valence-electron chi connectivity index (χ2n) is 8.88. The van der Waals surface area contributed by atoms with Gasteiger partial charge in [-0.3, -0.25) is 5.10 Å². The molecule has 0 unspecified atom stereocenters. The number of aryl methyl sites for hydroxylation is 1. The van der Waals surface area contributed by atoms with Crippen molar-refractivity contribution in [1.29, 1.82) is 0 Å². The Morgan fingerprint density at radius 3 is 2.53 bits per heavy atom. The first kappa shape index (κ1) is 19.8. The van der Waals surface area contributed by atoms with Gasteiger partial charge in [0.1, 0.15) is 22.0 Å². The Morgan fingerprint density at radius 1 is 1.03 bits per heavy atom. The third kappa shape index (κ3) is 3.18. The molecule has 4 aromatic rings. The first-order valence-electron chi connectivity index (χ1n) is 10.7. The van der Waals surface area contributed by atoms with Crippen molar-refractivity contribution in [3.63, 3.8) is 0 Å². The van der Waals surface area contributed by atoms with Gasteiger partial charge in [-0.05, 0) is 56.6 Å². The highest BCUT2D eigenvalue weighted by atomic mass is 32.1. The van der Waals surface area contributed by atoms with E-state index in [2.05, 4.69) is 20.4 Å². The molecule has 3 aromatic heterocycles. The summed E-state index contributed by atoms with van der Waals surface area (Å²) in [7, 11) is 0. The van der Waals surface area contributed by atoms with Gasteiger partial charge in [-0.25, -0.2) is 18.7 Å². The number of aromatic amines is 1. The van der Waals surface area contributed by atoms with Crippen molar-refractivity contribution in [2.75, 3.05) is 31.1 Å². The number of fused-ring (bicyclic) bond motifs is 1. The summed E-state index contributed by atoms with van der Waals surface area (Å²) in [5.41, 5.74) is 3.25. The lowest BCUT2D eigenvalue weighted by Crippen LogP contribution is -2.60. The summed E-state index contributed by atoms with van der Waals surface area (Å²) >= 11 is 1.52. The van der Waals surface area contributed by atoms with E-state index in [0.717, 1.165) is 47.2 Å². The Morgan fingerprint density at radius 2 is 1.78 bits per heavy atom. The summed E-state index contributed by atoms with van der Waals surface area (Å²) in [5, 5.41) is 10.8. The van der Waals surface area contributed by atoms with Gasteiger partial charge in [-0.15, -0.1) is 0 Å². The Balaban J connectivity index is 1.33. The molecule has 0 aliphatic carbocycles. The fourth-order valence-corrected chi connectivity index (χ4v) is 5.80. The van der Waals surface area contributed by atoms with Gasteiger partial charge < -0.3 is 10.2 Å². The zero-order valence-electron chi connectivity index (χ0n) is 17.6. The standard InChI is InChI=1S/C23H22F2N6S/c1-13-6-19-21(32-22(29-19)31-11-23(12-31)2-4-26-5-3-23)30-20(13)16-8-17(24)15(7-18(16)25)14-9-27-28-10-14/h6-10,26H,2-5,11-12H2,1H3,(H,27,28). The van der Waals surface area contributed by atoms with Crippen molar-refractivity contribution in [1.82, 2.24) is 25.5 Å². The van der Waals surface area contributed by atoms with Crippen molar-refractivity contribution in [3.05, 3.63) is 47.8 Å². The van der Waals surface area contributed by atoms with Crippen molar-refractivity contribution < 1.29 is 8.78 Å². The Kier molecular flexibility index (Phi) is 4.51. The number of rotatable bonds is 3. The van der Waals surface area contributed by atoms with Crippen molar-refractivity contribution in [2.45, 2.75) is 19.8 Å². The molecule has 2 saturated heterocycles. The van der Waals surface area contributed by atoms with Gasteiger partial charge >= 0.3 is 0 Å². The van der Waals surface area contributed by atoms with E-state index in [0.29, 0.717) is 16.7 Å². The number of H-pyrrole nitrogens is 1. The topological polar surface area (TPSA) is 69.7 Å². The molecule has 6 nitrogen and oxygen atoms in total. The van der Waals surface area contributed by atoms with E-state index < -0.39 is 11.6 Å². The molecular weight excluding hydrogens is 430 g/mol. The molecule has 9 heteroatoms. The van der Waals surface area contributed by atoms with Gasteiger partial charge in [0, 0.05) is 41.4 Å². The van der Waals surface area contributed by atoms with Crippen LogP contribution in [0.1, 0.15) is 18.4 Å². The molecule has 0 amide bonds. The van der Waals surface area contributed by atoms with E-state index in [1.807, 2.05) is 13.0 Å². The smallest absolute Gasteiger partial charge is 0.187 e. The maximum atomic E-state index is 15.0. The van der Waals surface area contributed by atoms with Gasteiger partial charge in [-0.1, -0.05) is 11.3 Å². The van der Waals surface area contributed by atoms with Gasteiger partial charge in [0.25, 0.3) is 0 Å². The second kappa shape index (κ2) is 7.31. The number of aromatic nitrogens is 4. The first-order chi connectivity index (χ1) is 15.5. The van der Waals surface area contributed by atoms with Crippen LogP contribution in [-0.4, -0.2) is 46.3 Å². The third-order valence-electron chi connectivity index (χ3n) is 6.67. The highest BCUT2D eigenvalue weighted by Crippen LogP contribution is 2.43. The maximum Gasteiger partial charge on any atom is 0.187 e. The summed E-state index contributed by atoms with van der Waals surface area (Å²) in [6.45, 7) is 6.07. The third-order valence-corrected chi connectivity index (χ3v) is 7.70. The van der Waals surface area contributed by atoms with Gasteiger partial charge in [0.05, 0.1) is 11.9 Å². The average molecular weight is 453 g/mol. The minimum Gasteiger partial charge on any atom is -0.347 e. The lowest BCUT2D eigenvalue weighted by molar-refractivity contribution is 0.150. The number of pyridine rings is 1. The molecule has 2 aliphatic heterocycles. The van der Waals surface area contributed by atoms with Gasteiger partial charge in [-0.2, -0.15) is 5.10 Å². The van der Waals surface area contributed by atoms with Crippen LogP contribution in [0.3, 0.4) is 0 Å². The molecule has 0 radical (unpaired) electrons. The molecule has 1 spiro atoms. The molecule has 32 heavy (non-hydrogen) atoms. The van der Waals surface area contributed by atoms with E-state index >= 15 is 4.39 Å². The van der Waals surface area contributed by atoms with Crippen LogP contribution in [-0.2, 0) is 0 Å². The molecule has 2 aliphatic rings. The van der Waals surface area contributed by atoms with Crippen LogP contribution in [0.2, 0.25) is 0 Å². The molecule has 6 rings (SSSR count). The summed E-state index contributed by atoms with van der Waals surface area (Å²) in [6, 6.07) is 4.34. The van der Waals surface area contributed by atoms with E-state index in [9.17, 15) is 4.39 Å². The predicted molar refractivity (Wildman–Crippen MR) is 122 cm³/mol. The van der Waals surface area contributed by atoms with Crippen LogP contribution in [0.15, 0.2) is 30.6 Å². The number of nitrogens with zero attached hydrogens (tertiary/aromatic N) is 4. The fourth-order valence-electron chi connectivity index (χ4n) is 4.88. The molecule has 2 N–H and O–H groups in total. The quantitative estimate of drug-likeness (QED) is 0.478. The SMILES string of the molecule is Cc1cc2nc(N3CC4(CCNCC4)C3)sc2nc1-c1cc(F)c(-c2cn[nH]c2)cc1F. The van der Waals surface area contributed by atoms with Crippen LogP contribution < -0.4 is 10.2 Å². The molecule has 164 valence electrons.